The number of H-pyrrole nitrogens is 1. The molecular weight excluding hydrogens is 322 g/mol. The molecule has 1 aromatic carbocycles. The number of carbonyl (C=O) groups excluding carboxylic acids is 1. The number of nitrogens with zero attached hydrogens (tertiary/aromatic N) is 2. The number of benzene rings is 1. The number of aromatic nitrogens is 2. The third-order valence-corrected chi connectivity index (χ3v) is 4.40. The van der Waals surface area contributed by atoms with Gasteiger partial charge in [-0.25, -0.2) is 5.10 Å². The van der Waals surface area contributed by atoms with E-state index in [1.54, 1.807) is 42.5 Å². The first-order valence-corrected chi connectivity index (χ1v) is 8.75. The van der Waals surface area contributed by atoms with Crippen LogP contribution >= 0.6 is 12.2 Å². The molecule has 1 amide bonds. The average Bonchev–Trinajstić information content (AvgIpc) is 2.91. The van der Waals surface area contributed by atoms with Crippen LogP contribution in [0.5, 0.6) is 0 Å². The van der Waals surface area contributed by atoms with E-state index in [2.05, 4.69) is 10.2 Å². The minimum absolute atomic E-state index is 0.0953. The first-order valence-electron chi connectivity index (χ1n) is 6.61. The van der Waals surface area contributed by atoms with Gasteiger partial charge in [0.05, 0.1) is 0 Å². The third-order valence-electron chi connectivity index (χ3n) is 3.27. The molecule has 118 valence electrons. The molecule has 2 atom stereocenters. The summed E-state index contributed by atoms with van der Waals surface area (Å²) in [6, 6.07) is 6.81. The molecule has 2 rings (SSSR count). The Morgan fingerprint density at radius 3 is 2.59 bits per heavy atom. The molecule has 0 saturated carbocycles. The molecule has 0 aliphatic rings. The van der Waals surface area contributed by atoms with Gasteiger partial charge in [-0.1, -0.05) is 0 Å². The maximum absolute atomic E-state index is 12.4. The zero-order chi connectivity index (χ0) is 16.3. The highest BCUT2D eigenvalue weighted by atomic mass is 32.2. The molecule has 0 spiro atoms. The number of hydrogen-bond acceptors (Lipinski definition) is 5. The summed E-state index contributed by atoms with van der Waals surface area (Å²) in [6.07, 6.45) is 1.63. The second-order valence-corrected chi connectivity index (χ2v) is 6.85. The molecule has 0 aliphatic carbocycles. The van der Waals surface area contributed by atoms with Crippen LogP contribution in [0.4, 0.5) is 0 Å². The van der Waals surface area contributed by atoms with E-state index in [1.165, 1.54) is 0 Å². The highest BCUT2D eigenvalue weighted by Crippen LogP contribution is 2.18. The highest BCUT2D eigenvalue weighted by molar-refractivity contribution is 7.84. The molecule has 0 bridgehead atoms. The van der Waals surface area contributed by atoms with Crippen molar-refractivity contribution >= 4 is 28.9 Å². The van der Waals surface area contributed by atoms with Gasteiger partial charge in [0.2, 0.25) is 5.89 Å². The van der Waals surface area contributed by atoms with E-state index in [1.807, 2.05) is 6.92 Å². The van der Waals surface area contributed by atoms with Crippen LogP contribution < -0.4 is 0 Å². The summed E-state index contributed by atoms with van der Waals surface area (Å²) in [6.45, 7) is 1.88. The zero-order valence-corrected chi connectivity index (χ0v) is 14.2. The number of aromatic amines is 1. The second-order valence-electron chi connectivity index (χ2n) is 5.00. The largest absolute Gasteiger partial charge is 0.409 e. The second kappa shape index (κ2) is 6.97. The Morgan fingerprint density at radius 1 is 1.45 bits per heavy atom. The molecule has 6 nitrogen and oxygen atoms in total. The van der Waals surface area contributed by atoms with Crippen LogP contribution in [0.1, 0.15) is 17.3 Å². The van der Waals surface area contributed by atoms with Crippen molar-refractivity contribution in [1.82, 2.24) is 15.1 Å². The van der Waals surface area contributed by atoms with Crippen molar-refractivity contribution in [3.63, 3.8) is 0 Å². The lowest BCUT2D eigenvalue weighted by molar-refractivity contribution is 0.0757. The lowest BCUT2D eigenvalue weighted by Crippen LogP contribution is -2.38. The molecule has 1 aromatic heterocycles. The summed E-state index contributed by atoms with van der Waals surface area (Å²) >= 11 is 4.83. The summed E-state index contributed by atoms with van der Waals surface area (Å²) in [5.41, 5.74) is 1.28. The van der Waals surface area contributed by atoms with Crippen LogP contribution in [-0.4, -0.2) is 50.3 Å². The van der Waals surface area contributed by atoms with E-state index in [-0.39, 0.29) is 16.8 Å². The molecule has 0 fully saturated rings. The number of nitrogens with one attached hydrogen (secondary N) is 1. The van der Waals surface area contributed by atoms with Gasteiger partial charge >= 0.3 is 0 Å². The van der Waals surface area contributed by atoms with E-state index in [9.17, 15) is 9.00 Å². The molecule has 1 N–H and O–H groups in total. The van der Waals surface area contributed by atoms with Gasteiger partial charge in [0, 0.05) is 47.0 Å². The molecular formula is C14H17N3O3S2. The molecule has 0 unspecified atom stereocenters. The Morgan fingerprint density at radius 2 is 2.09 bits per heavy atom. The maximum Gasteiger partial charge on any atom is 0.284 e. The highest BCUT2D eigenvalue weighted by Gasteiger charge is 2.18. The van der Waals surface area contributed by atoms with Gasteiger partial charge in [0.1, 0.15) is 0 Å². The zero-order valence-electron chi connectivity index (χ0n) is 12.5. The predicted octanol–water partition coefficient (Wildman–Crippen LogP) is 2.24. The monoisotopic (exact) mass is 339 g/mol. The first-order chi connectivity index (χ1) is 10.4. The number of carbonyl (C=O) groups is 1. The Labute approximate surface area is 136 Å². The molecule has 0 aliphatic heterocycles. The molecule has 1 heterocycles. The van der Waals surface area contributed by atoms with Crippen molar-refractivity contribution in [1.29, 1.82) is 0 Å². The normalized spacial score (nSPS) is 13.6. The summed E-state index contributed by atoms with van der Waals surface area (Å²) in [5, 5.41) is 6.48. The van der Waals surface area contributed by atoms with Crippen molar-refractivity contribution in [2.45, 2.75) is 13.0 Å². The summed E-state index contributed by atoms with van der Waals surface area (Å²) < 4.78 is 16.5. The van der Waals surface area contributed by atoms with Crippen molar-refractivity contribution < 1.29 is 13.4 Å². The molecule has 8 heteroatoms. The van der Waals surface area contributed by atoms with Gasteiger partial charge in [-0.15, -0.1) is 5.10 Å². The van der Waals surface area contributed by atoms with Crippen molar-refractivity contribution in [3.05, 3.63) is 34.7 Å². The van der Waals surface area contributed by atoms with E-state index < -0.39 is 10.8 Å². The van der Waals surface area contributed by atoms with E-state index >= 15 is 0 Å². The quantitative estimate of drug-likeness (QED) is 0.845. The van der Waals surface area contributed by atoms with E-state index in [4.69, 9.17) is 16.6 Å². The predicted molar refractivity (Wildman–Crippen MR) is 87.6 cm³/mol. The fraction of sp³-hybridized carbons (Fsp3) is 0.357. The van der Waals surface area contributed by atoms with Gasteiger partial charge in [-0.05, 0) is 43.4 Å². The minimum Gasteiger partial charge on any atom is -0.409 e. The van der Waals surface area contributed by atoms with Crippen LogP contribution in [0.15, 0.2) is 28.7 Å². The fourth-order valence-corrected chi connectivity index (χ4v) is 2.99. The van der Waals surface area contributed by atoms with Crippen LogP contribution in [0.25, 0.3) is 11.5 Å². The lowest BCUT2D eigenvalue weighted by atomic mass is 10.1. The van der Waals surface area contributed by atoms with Gasteiger partial charge in [0.25, 0.3) is 10.7 Å². The smallest absolute Gasteiger partial charge is 0.284 e. The Hall–Kier alpha value is -1.80. The molecule has 22 heavy (non-hydrogen) atoms. The summed E-state index contributed by atoms with van der Waals surface area (Å²) in [5.74, 6) is 0.716. The Bertz CT molecular complexity index is 736. The number of amides is 1. The van der Waals surface area contributed by atoms with Gasteiger partial charge in [-0.2, -0.15) is 0 Å². The minimum atomic E-state index is -0.943. The number of rotatable bonds is 5. The van der Waals surface area contributed by atoms with Crippen LogP contribution in [0.3, 0.4) is 0 Å². The van der Waals surface area contributed by atoms with Crippen molar-refractivity contribution in [2.24, 2.45) is 0 Å². The molecule has 2 aromatic rings. The number of hydrogen-bond donors (Lipinski definition) is 1. The Kier molecular flexibility index (Phi) is 5.25. The van der Waals surface area contributed by atoms with E-state index in [0.717, 1.165) is 5.56 Å². The van der Waals surface area contributed by atoms with Crippen LogP contribution in [0, 0.1) is 4.84 Å². The standard InChI is InChI=1S/C14H17N3O3S2/c1-9(8-22(3)19)17(2)13(18)11-6-4-10(5-7-11)12-15-16-14(21)20-12/h4-7,9H,8H2,1-3H3,(H,16,21)/t9-,22+/m0/s1. The first kappa shape index (κ1) is 16.6. The van der Waals surface area contributed by atoms with Crippen molar-refractivity contribution in [3.8, 4) is 11.5 Å². The van der Waals surface area contributed by atoms with Gasteiger partial charge in [-0.3, -0.25) is 9.00 Å². The molecule has 0 saturated heterocycles. The maximum atomic E-state index is 12.4. The summed E-state index contributed by atoms with van der Waals surface area (Å²) in [4.78, 5) is 14.2. The fourth-order valence-electron chi connectivity index (χ4n) is 1.96. The van der Waals surface area contributed by atoms with Crippen molar-refractivity contribution in [2.75, 3.05) is 19.1 Å². The van der Waals surface area contributed by atoms with Gasteiger partial charge in [0.15, 0.2) is 0 Å². The SMILES string of the molecule is C[C@@H](C[S@@](C)=O)N(C)C(=O)c1ccc(-c2n[nH]c(=S)o2)cc1. The molecule has 0 radical (unpaired) electrons. The summed E-state index contributed by atoms with van der Waals surface area (Å²) in [7, 11) is 0.765. The topological polar surface area (TPSA) is 79.2 Å². The Balaban J connectivity index is 2.14. The van der Waals surface area contributed by atoms with Gasteiger partial charge < -0.3 is 9.32 Å². The lowest BCUT2D eigenvalue weighted by Gasteiger charge is -2.24. The third kappa shape index (κ3) is 3.89. The van der Waals surface area contributed by atoms with E-state index in [0.29, 0.717) is 17.2 Å². The average molecular weight is 339 g/mol. The van der Waals surface area contributed by atoms with Crippen LogP contribution in [-0.2, 0) is 10.8 Å². The van der Waals surface area contributed by atoms with Crippen LogP contribution in [0.2, 0.25) is 0 Å².